The van der Waals surface area contributed by atoms with Crippen molar-refractivity contribution < 1.29 is 28.4 Å². The maximum absolute atomic E-state index is 6.28. The highest BCUT2D eigenvalue weighted by atomic mass is 16.8. The zero-order valence-corrected chi connectivity index (χ0v) is 18.1. The molecule has 4 saturated heterocycles. The van der Waals surface area contributed by atoms with Crippen LogP contribution in [0.5, 0.6) is 0 Å². The van der Waals surface area contributed by atoms with Gasteiger partial charge < -0.3 is 33.7 Å². The lowest BCUT2D eigenvalue weighted by atomic mass is 10.1. The van der Waals surface area contributed by atoms with Gasteiger partial charge in [-0.2, -0.15) is 0 Å². The standard InChI is InChI=1S/C20H32N4O6/c1-19(2)26-11-14(28-19)15-16(17-18(27-15)30-20(3,4)29-17)25-10-13-9-24(23-22-13)8-12-6-5-7-21-12/h9,12,14-18,21H,5-8,10-11H2,1-4H3/t12-,14?,15+,16-,17?,18?/m0/s1. The summed E-state index contributed by atoms with van der Waals surface area (Å²) in [5, 5.41) is 12.0. The first-order valence-electron chi connectivity index (χ1n) is 10.8. The average molecular weight is 424 g/mol. The fourth-order valence-electron chi connectivity index (χ4n) is 4.68. The van der Waals surface area contributed by atoms with Crippen LogP contribution in [-0.4, -0.2) is 76.5 Å². The molecule has 4 aliphatic rings. The van der Waals surface area contributed by atoms with Crippen molar-refractivity contribution in [2.75, 3.05) is 13.2 Å². The van der Waals surface area contributed by atoms with E-state index >= 15 is 0 Å². The van der Waals surface area contributed by atoms with Gasteiger partial charge in [0.15, 0.2) is 17.9 Å². The summed E-state index contributed by atoms with van der Waals surface area (Å²) < 4.78 is 38.1. The van der Waals surface area contributed by atoms with E-state index in [4.69, 9.17) is 28.4 Å². The largest absolute Gasteiger partial charge is 0.366 e. The average Bonchev–Trinajstić information content (AvgIpc) is 3.45. The minimum absolute atomic E-state index is 0.255. The van der Waals surface area contributed by atoms with Gasteiger partial charge in [0.25, 0.3) is 0 Å². The predicted octanol–water partition coefficient (Wildman–Crippen LogP) is 0.943. The van der Waals surface area contributed by atoms with Crippen LogP contribution >= 0.6 is 0 Å². The predicted molar refractivity (Wildman–Crippen MR) is 103 cm³/mol. The number of ether oxygens (including phenoxy) is 6. The van der Waals surface area contributed by atoms with E-state index in [1.165, 1.54) is 12.8 Å². The number of rotatable bonds is 6. The van der Waals surface area contributed by atoms with Crippen LogP contribution in [0.2, 0.25) is 0 Å². The topological polar surface area (TPSA) is 98.1 Å². The molecule has 0 aliphatic carbocycles. The second-order valence-corrected chi connectivity index (χ2v) is 9.44. The molecule has 1 aromatic heterocycles. The van der Waals surface area contributed by atoms with Crippen molar-refractivity contribution in [1.29, 1.82) is 0 Å². The van der Waals surface area contributed by atoms with Crippen molar-refractivity contribution in [3.8, 4) is 0 Å². The van der Waals surface area contributed by atoms with Gasteiger partial charge in [-0.1, -0.05) is 5.21 Å². The van der Waals surface area contributed by atoms with E-state index < -0.39 is 17.9 Å². The number of hydrogen-bond acceptors (Lipinski definition) is 9. The smallest absolute Gasteiger partial charge is 0.190 e. The number of aromatic nitrogens is 3. The molecule has 0 bridgehead atoms. The maximum atomic E-state index is 6.28. The first-order chi connectivity index (χ1) is 14.3. The third kappa shape index (κ3) is 4.27. The third-order valence-electron chi connectivity index (χ3n) is 6.00. The molecule has 0 radical (unpaired) electrons. The van der Waals surface area contributed by atoms with Gasteiger partial charge >= 0.3 is 0 Å². The highest BCUT2D eigenvalue weighted by Gasteiger charge is 2.58. The Hall–Kier alpha value is -1.14. The third-order valence-corrected chi connectivity index (χ3v) is 6.00. The van der Waals surface area contributed by atoms with Crippen LogP contribution in [0.3, 0.4) is 0 Å². The second-order valence-electron chi connectivity index (χ2n) is 9.44. The summed E-state index contributed by atoms with van der Waals surface area (Å²) in [6.07, 6.45) is 2.52. The minimum Gasteiger partial charge on any atom is -0.366 e. The van der Waals surface area contributed by atoms with Crippen LogP contribution in [0, 0.1) is 0 Å². The fourth-order valence-corrected chi connectivity index (χ4v) is 4.68. The first-order valence-corrected chi connectivity index (χ1v) is 10.8. The molecule has 4 fully saturated rings. The summed E-state index contributed by atoms with van der Waals surface area (Å²) in [4.78, 5) is 0. The summed E-state index contributed by atoms with van der Waals surface area (Å²) in [5.74, 6) is -1.36. The van der Waals surface area contributed by atoms with E-state index in [0.717, 1.165) is 18.8 Å². The summed E-state index contributed by atoms with van der Waals surface area (Å²) >= 11 is 0. The molecule has 1 N–H and O–H groups in total. The Kier molecular flexibility index (Phi) is 5.37. The normalized spacial score (nSPS) is 39.6. The number of hydrogen-bond donors (Lipinski definition) is 1. The molecule has 0 amide bonds. The van der Waals surface area contributed by atoms with E-state index in [2.05, 4.69) is 15.6 Å². The molecular formula is C20H32N4O6. The lowest BCUT2D eigenvalue weighted by molar-refractivity contribution is -0.236. The van der Waals surface area contributed by atoms with Crippen molar-refractivity contribution in [2.24, 2.45) is 0 Å². The highest BCUT2D eigenvalue weighted by Crippen LogP contribution is 2.42. The minimum atomic E-state index is -0.717. The van der Waals surface area contributed by atoms with Gasteiger partial charge in [-0.05, 0) is 47.1 Å². The highest BCUT2D eigenvalue weighted by molar-refractivity contribution is 5.00. The molecule has 1 aromatic rings. The summed E-state index contributed by atoms with van der Waals surface area (Å²) in [5.41, 5.74) is 0.775. The Balaban J connectivity index is 1.25. The molecular weight excluding hydrogens is 392 g/mol. The van der Waals surface area contributed by atoms with Gasteiger partial charge in [-0.25, -0.2) is 0 Å². The molecule has 5 heterocycles. The van der Waals surface area contributed by atoms with Gasteiger partial charge in [-0.3, -0.25) is 4.68 Å². The number of fused-ring (bicyclic) bond motifs is 1. The molecule has 5 rings (SSSR count). The van der Waals surface area contributed by atoms with E-state index in [1.807, 2.05) is 38.6 Å². The monoisotopic (exact) mass is 424 g/mol. The zero-order chi connectivity index (χ0) is 20.9. The molecule has 3 unspecified atom stereocenters. The van der Waals surface area contributed by atoms with Crippen molar-refractivity contribution in [3.63, 3.8) is 0 Å². The van der Waals surface area contributed by atoms with Crippen LogP contribution < -0.4 is 5.32 Å². The van der Waals surface area contributed by atoms with Gasteiger partial charge in [0.1, 0.15) is 30.1 Å². The molecule has 4 aliphatic heterocycles. The molecule has 10 nitrogen and oxygen atoms in total. The number of nitrogens with one attached hydrogen (secondary N) is 1. The van der Waals surface area contributed by atoms with Crippen LogP contribution in [0.25, 0.3) is 0 Å². The molecule has 0 aromatic carbocycles. The van der Waals surface area contributed by atoms with E-state index in [1.54, 1.807) is 0 Å². The Bertz CT molecular complexity index is 749. The SMILES string of the molecule is CC1(C)OCC([C@H]2OC3OC(C)(C)OC3[C@H]2OCc2cn(C[C@@H]3CCCN3)nn2)O1. The zero-order valence-electron chi connectivity index (χ0n) is 18.1. The first kappa shape index (κ1) is 20.7. The van der Waals surface area contributed by atoms with Crippen LogP contribution in [-0.2, 0) is 41.6 Å². The summed E-state index contributed by atoms with van der Waals surface area (Å²) in [6.45, 7) is 10.2. The second kappa shape index (κ2) is 7.77. The van der Waals surface area contributed by atoms with Crippen LogP contribution in [0.1, 0.15) is 46.2 Å². The molecule has 30 heavy (non-hydrogen) atoms. The summed E-state index contributed by atoms with van der Waals surface area (Å²) in [6, 6.07) is 0.461. The van der Waals surface area contributed by atoms with Crippen molar-refractivity contribution in [2.45, 2.75) is 102 Å². The maximum Gasteiger partial charge on any atom is 0.190 e. The lowest BCUT2D eigenvalue weighted by Gasteiger charge is -2.28. The summed E-state index contributed by atoms with van der Waals surface area (Å²) in [7, 11) is 0. The lowest BCUT2D eigenvalue weighted by Crippen LogP contribution is -2.44. The van der Waals surface area contributed by atoms with E-state index in [9.17, 15) is 0 Å². The van der Waals surface area contributed by atoms with Crippen molar-refractivity contribution in [3.05, 3.63) is 11.9 Å². The van der Waals surface area contributed by atoms with Gasteiger partial charge in [0.2, 0.25) is 0 Å². The molecule has 6 atom stereocenters. The van der Waals surface area contributed by atoms with Crippen LogP contribution in [0.15, 0.2) is 6.20 Å². The van der Waals surface area contributed by atoms with Crippen LogP contribution in [0.4, 0.5) is 0 Å². The Morgan fingerprint density at radius 1 is 1.17 bits per heavy atom. The Labute approximate surface area is 176 Å². The fraction of sp³-hybridized carbons (Fsp3) is 0.900. The Morgan fingerprint density at radius 2 is 2.03 bits per heavy atom. The van der Waals surface area contributed by atoms with E-state index in [-0.39, 0.29) is 24.4 Å². The quantitative estimate of drug-likeness (QED) is 0.715. The van der Waals surface area contributed by atoms with Crippen molar-refractivity contribution >= 4 is 0 Å². The Morgan fingerprint density at radius 3 is 2.77 bits per heavy atom. The number of nitrogens with zero attached hydrogens (tertiary/aromatic N) is 3. The van der Waals surface area contributed by atoms with Gasteiger partial charge in [0.05, 0.1) is 26.0 Å². The van der Waals surface area contributed by atoms with E-state index in [0.29, 0.717) is 19.3 Å². The molecule has 0 spiro atoms. The van der Waals surface area contributed by atoms with Gasteiger partial charge in [0, 0.05) is 6.04 Å². The molecule has 10 heteroatoms. The van der Waals surface area contributed by atoms with Crippen molar-refractivity contribution in [1.82, 2.24) is 20.3 Å². The molecule has 168 valence electrons. The van der Waals surface area contributed by atoms with Gasteiger partial charge in [-0.15, -0.1) is 5.10 Å². The molecule has 0 saturated carbocycles.